The second-order valence-electron chi connectivity index (χ2n) is 2.62. The lowest BCUT2D eigenvalue weighted by atomic mass is 10.2. The minimum atomic E-state index is -0.726. The van der Waals surface area contributed by atoms with Crippen LogP contribution in [0.25, 0.3) is 0 Å². The maximum Gasteiger partial charge on any atom is 0.341 e. The van der Waals surface area contributed by atoms with Crippen LogP contribution in [0.15, 0.2) is 24.4 Å². The van der Waals surface area contributed by atoms with Crippen LogP contribution in [0.5, 0.6) is 0 Å². The van der Waals surface area contributed by atoms with Crippen molar-refractivity contribution < 1.29 is 14.3 Å². The van der Waals surface area contributed by atoms with Crippen LogP contribution in [0.4, 0.5) is 0 Å². The number of aromatic nitrogens is 1. The topological polar surface area (TPSA) is 48.4 Å². The number of hydrogen-bond donors (Lipinski definition) is 0. The predicted octanol–water partition coefficient (Wildman–Crippen LogP) is 1.33. The molecular formula is C10H13NO3. The summed E-state index contributed by atoms with van der Waals surface area (Å²) >= 11 is 0. The van der Waals surface area contributed by atoms with Crippen molar-refractivity contribution in [3.63, 3.8) is 0 Å². The first-order chi connectivity index (χ1) is 6.79. The molecule has 0 bridgehead atoms. The van der Waals surface area contributed by atoms with E-state index in [2.05, 4.69) is 4.98 Å². The van der Waals surface area contributed by atoms with Gasteiger partial charge in [0.25, 0.3) is 0 Å². The molecule has 0 aromatic carbocycles. The molecule has 1 aromatic rings. The van der Waals surface area contributed by atoms with Gasteiger partial charge in [0.1, 0.15) is 0 Å². The van der Waals surface area contributed by atoms with Gasteiger partial charge in [-0.3, -0.25) is 4.98 Å². The molecule has 0 spiro atoms. The molecule has 0 saturated carbocycles. The van der Waals surface area contributed by atoms with Gasteiger partial charge in [-0.2, -0.15) is 0 Å². The van der Waals surface area contributed by atoms with Crippen LogP contribution >= 0.6 is 0 Å². The number of nitrogens with zero attached hydrogens (tertiary/aromatic N) is 1. The number of rotatable bonds is 4. The van der Waals surface area contributed by atoms with Crippen molar-refractivity contribution in [2.24, 2.45) is 0 Å². The molecule has 0 aliphatic heterocycles. The van der Waals surface area contributed by atoms with Crippen LogP contribution in [-0.2, 0) is 14.3 Å². The number of hydrogen-bond acceptors (Lipinski definition) is 4. The monoisotopic (exact) mass is 195 g/mol. The van der Waals surface area contributed by atoms with Gasteiger partial charge in [-0.1, -0.05) is 6.07 Å². The largest absolute Gasteiger partial charge is 0.464 e. The highest BCUT2D eigenvalue weighted by Gasteiger charge is 2.21. The molecule has 0 N–H and O–H groups in total. The summed E-state index contributed by atoms with van der Waals surface area (Å²) in [6.07, 6.45) is 0.886. The Labute approximate surface area is 82.9 Å². The van der Waals surface area contributed by atoms with Gasteiger partial charge in [0, 0.05) is 13.3 Å². The van der Waals surface area contributed by atoms with Gasteiger partial charge in [-0.15, -0.1) is 0 Å². The standard InChI is InChI=1S/C10H13NO3/c1-3-14-10(12)9(13-2)8-6-4-5-7-11-8/h4-7,9H,3H2,1-2H3. The predicted molar refractivity (Wildman–Crippen MR) is 50.6 cm³/mol. The molecule has 0 aliphatic carbocycles. The SMILES string of the molecule is CCOC(=O)C(OC)c1ccccn1. The zero-order valence-electron chi connectivity index (χ0n) is 8.27. The van der Waals surface area contributed by atoms with Gasteiger partial charge in [0.05, 0.1) is 12.3 Å². The summed E-state index contributed by atoms with van der Waals surface area (Å²) in [4.78, 5) is 15.4. The lowest BCUT2D eigenvalue weighted by molar-refractivity contribution is -0.155. The number of esters is 1. The summed E-state index contributed by atoms with van der Waals surface area (Å²) < 4.78 is 9.86. The molecule has 4 heteroatoms. The van der Waals surface area contributed by atoms with Crippen molar-refractivity contribution >= 4 is 5.97 Å². The zero-order valence-corrected chi connectivity index (χ0v) is 8.27. The van der Waals surface area contributed by atoms with Crippen molar-refractivity contribution in [1.82, 2.24) is 4.98 Å². The summed E-state index contributed by atoms with van der Waals surface area (Å²) in [5.41, 5.74) is 0.563. The molecule has 0 aliphatic rings. The first kappa shape index (κ1) is 10.7. The Kier molecular flexibility index (Phi) is 4.07. The molecule has 14 heavy (non-hydrogen) atoms. The normalized spacial score (nSPS) is 12.1. The summed E-state index contributed by atoms with van der Waals surface area (Å²) in [6.45, 7) is 2.09. The fraction of sp³-hybridized carbons (Fsp3) is 0.400. The number of pyridine rings is 1. The quantitative estimate of drug-likeness (QED) is 0.680. The molecule has 1 aromatic heterocycles. The molecule has 1 heterocycles. The Hall–Kier alpha value is -1.42. The summed E-state index contributed by atoms with van der Waals surface area (Å²) in [5, 5.41) is 0. The molecule has 0 fully saturated rings. The van der Waals surface area contributed by atoms with E-state index in [9.17, 15) is 4.79 Å². The lowest BCUT2D eigenvalue weighted by Crippen LogP contribution is -2.18. The van der Waals surface area contributed by atoms with E-state index >= 15 is 0 Å². The summed E-state index contributed by atoms with van der Waals surface area (Å²) in [7, 11) is 1.45. The van der Waals surface area contributed by atoms with E-state index in [1.165, 1.54) is 7.11 Å². The average molecular weight is 195 g/mol. The van der Waals surface area contributed by atoms with Gasteiger partial charge in [-0.05, 0) is 19.1 Å². The third kappa shape index (κ3) is 2.53. The number of ether oxygens (including phenoxy) is 2. The van der Waals surface area contributed by atoms with Gasteiger partial charge in [0.2, 0.25) is 0 Å². The van der Waals surface area contributed by atoms with Crippen LogP contribution in [0.1, 0.15) is 18.7 Å². The van der Waals surface area contributed by atoms with E-state index in [4.69, 9.17) is 9.47 Å². The van der Waals surface area contributed by atoms with Crippen molar-refractivity contribution in [2.45, 2.75) is 13.0 Å². The van der Waals surface area contributed by atoms with Crippen LogP contribution in [0.3, 0.4) is 0 Å². The minimum absolute atomic E-state index is 0.339. The van der Waals surface area contributed by atoms with Crippen molar-refractivity contribution in [3.8, 4) is 0 Å². The molecular weight excluding hydrogens is 182 g/mol. The molecule has 0 radical (unpaired) electrons. The Morgan fingerprint density at radius 3 is 2.86 bits per heavy atom. The summed E-state index contributed by atoms with van der Waals surface area (Å²) in [6, 6.07) is 5.31. The van der Waals surface area contributed by atoms with E-state index < -0.39 is 12.1 Å². The maximum absolute atomic E-state index is 11.4. The fourth-order valence-electron chi connectivity index (χ4n) is 1.09. The zero-order chi connectivity index (χ0) is 10.4. The molecule has 1 atom stereocenters. The summed E-state index contributed by atoms with van der Waals surface area (Å²) in [5.74, 6) is -0.409. The molecule has 0 amide bonds. The molecule has 76 valence electrons. The Bertz CT molecular complexity index is 287. The first-order valence-electron chi connectivity index (χ1n) is 4.40. The number of carbonyl (C=O) groups is 1. The highest BCUT2D eigenvalue weighted by Crippen LogP contribution is 2.14. The highest BCUT2D eigenvalue weighted by atomic mass is 16.6. The van der Waals surface area contributed by atoms with Gasteiger partial charge in [-0.25, -0.2) is 4.79 Å². The fourth-order valence-corrected chi connectivity index (χ4v) is 1.09. The molecule has 1 unspecified atom stereocenters. The lowest BCUT2D eigenvalue weighted by Gasteiger charge is -2.12. The van der Waals surface area contributed by atoms with E-state index in [-0.39, 0.29) is 0 Å². The Morgan fingerprint density at radius 1 is 1.57 bits per heavy atom. The van der Waals surface area contributed by atoms with Crippen LogP contribution in [0, 0.1) is 0 Å². The second-order valence-corrected chi connectivity index (χ2v) is 2.62. The molecule has 1 rings (SSSR count). The first-order valence-corrected chi connectivity index (χ1v) is 4.40. The highest BCUT2D eigenvalue weighted by molar-refractivity contribution is 5.75. The van der Waals surface area contributed by atoms with Gasteiger partial charge in [0.15, 0.2) is 6.10 Å². The maximum atomic E-state index is 11.4. The van der Waals surface area contributed by atoms with Crippen LogP contribution < -0.4 is 0 Å². The average Bonchev–Trinajstić information content (AvgIpc) is 2.21. The van der Waals surface area contributed by atoms with E-state index in [0.717, 1.165) is 0 Å². The smallest absolute Gasteiger partial charge is 0.341 e. The Morgan fingerprint density at radius 2 is 2.36 bits per heavy atom. The second kappa shape index (κ2) is 5.34. The number of methoxy groups -OCH3 is 1. The van der Waals surface area contributed by atoms with Crippen molar-refractivity contribution in [1.29, 1.82) is 0 Å². The molecule has 0 saturated heterocycles. The minimum Gasteiger partial charge on any atom is -0.464 e. The van der Waals surface area contributed by atoms with Gasteiger partial charge < -0.3 is 9.47 Å². The van der Waals surface area contributed by atoms with Crippen molar-refractivity contribution in [2.75, 3.05) is 13.7 Å². The third-order valence-electron chi connectivity index (χ3n) is 1.69. The number of carbonyl (C=O) groups excluding carboxylic acids is 1. The third-order valence-corrected chi connectivity index (χ3v) is 1.69. The van der Waals surface area contributed by atoms with Gasteiger partial charge >= 0.3 is 5.97 Å². The Balaban J connectivity index is 2.77. The van der Waals surface area contributed by atoms with Crippen molar-refractivity contribution in [3.05, 3.63) is 30.1 Å². The van der Waals surface area contributed by atoms with E-state index in [0.29, 0.717) is 12.3 Å². The van der Waals surface area contributed by atoms with Crippen LogP contribution in [-0.4, -0.2) is 24.7 Å². The van der Waals surface area contributed by atoms with E-state index in [1.54, 1.807) is 31.3 Å². The van der Waals surface area contributed by atoms with Crippen LogP contribution in [0.2, 0.25) is 0 Å². The van der Waals surface area contributed by atoms with E-state index in [1.807, 2.05) is 0 Å². The molecule has 4 nitrogen and oxygen atoms in total.